The first-order chi connectivity index (χ1) is 6.70. The average Bonchev–Trinajstić information content (AvgIpc) is 2.17. The largest absolute Gasteiger partial charge is 0.377 e. The van der Waals surface area contributed by atoms with Crippen molar-refractivity contribution in [3.8, 4) is 0 Å². The van der Waals surface area contributed by atoms with Crippen molar-refractivity contribution in [3.05, 3.63) is 23.8 Å². The molecule has 14 heavy (non-hydrogen) atoms. The molecule has 0 aromatic heterocycles. The highest BCUT2D eigenvalue weighted by atomic mass is 15.1. The zero-order valence-corrected chi connectivity index (χ0v) is 9.25. The zero-order chi connectivity index (χ0) is 10.1. The maximum atomic E-state index is 2.35. The molecule has 0 saturated heterocycles. The van der Waals surface area contributed by atoms with Crippen LogP contribution >= 0.6 is 0 Å². The summed E-state index contributed by atoms with van der Waals surface area (Å²) >= 11 is 0. The summed E-state index contributed by atoms with van der Waals surface area (Å²) in [5.74, 6) is 0. The Kier molecular flexibility index (Phi) is 2.36. The maximum absolute atomic E-state index is 2.35. The third-order valence-corrected chi connectivity index (χ3v) is 2.94. The number of rotatable bonds is 1. The van der Waals surface area contributed by atoms with E-state index in [9.17, 15) is 0 Å². The molecule has 0 amide bonds. The summed E-state index contributed by atoms with van der Waals surface area (Å²) in [6, 6.07) is 6.58. The van der Waals surface area contributed by atoms with Gasteiger partial charge < -0.3 is 9.80 Å². The fourth-order valence-electron chi connectivity index (χ4n) is 2.21. The Morgan fingerprint density at radius 3 is 2.79 bits per heavy atom. The van der Waals surface area contributed by atoms with Gasteiger partial charge in [-0.1, -0.05) is 6.07 Å². The fraction of sp³-hybridized carbons (Fsp3) is 0.500. The third kappa shape index (κ3) is 1.45. The van der Waals surface area contributed by atoms with E-state index in [1.54, 1.807) is 0 Å². The number of anilines is 2. The van der Waals surface area contributed by atoms with Crippen LogP contribution in [0, 0.1) is 0 Å². The summed E-state index contributed by atoms with van der Waals surface area (Å²) in [5, 5.41) is 0. The second-order valence-corrected chi connectivity index (χ2v) is 4.19. The molecule has 0 bridgehead atoms. The average molecular weight is 190 g/mol. The summed E-state index contributed by atoms with van der Waals surface area (Å²) in [6.45, 7) is 1.18. The molecule has 0 N–H and O–H groups in total. The van der Waals surface area contributed by atoms with Crippen LogP contribution < -0.4 is 9.80 Å². The van der Waals surface area contributed by atoms with E-state index < -0.39 is 0 Å². The molecule has 0 spiro atoms. The highest BCUT2D eigenvalue weighted by Crippen LogP contribution is 2.32. The Morgan fingerprint density at radius 2 is 2.07 bits per heavy atom. The minimum atomic E-state index is 1.18. The Morgan fingerprint density at radius 1 is 1.29 bits per heavy atom. The van der Waals surface area contributed by atoms with Crippen molar-refractivity contribution in [1.82, 2.24) is 0 Å². The molecule has 1 aliphatic rings. The van der Waals surface area contributed by atoms with Gasteiger partial charge in [0.2, 0.25) is 0 Å². The van der Waals surface area contributed by atoms with Gasteiger partial charge in [0, 0.05) is 39.1 Å². The number of nitrogens with zero attached hydrogens (tertiary/aromatic N) is 2. The van der Waals surface area contributed by atoms with Crippen LogP contribution in [0.2, 0.25) is 0 Å². The molecule has 0 radical (unpaired) electrons. The highest BCUT2D eigenvalue weighted by Gasteiger charge is 2.16. The van der Waals surface area contributed by atoms with Crippen molar-refractivity contribution >= 4 is 11.4 Å². The van der Waals surface area contributed by atoms with Gasteiger partial charge in [-0.3, -0.25) is 0 Å². The van der Waals surface area contributed by atoms with Crippen LogP contribution in [0.15, 0.2) is 18.2 Å². The monoisotopic (exact) mass is 190 g/mol. The molecule has 0 saturated carbocycles. The molecule has 1 aliphatic heterocycles. The van der Waals surface area contributed by atoms with Gasteiger partial charge in [0.25, 0.3) is 0 Å². The molecular weight excluding hydrogens is 172 g/mol. The van der Waals surface area contributed by atoms with E-state index in [4.69, 9.17) is 0 Å². The normalized spacial score (nSPS) is 15.2. The van der Waals surface area contributed by atoms with Crippen molar-refractivity contribution in [2.45, 2.75) is 12.8 Å². The first-order valence-electron chi connectivity index (χ1n) is 5.20. The van der Waals surface area contributed by atoms with Gasteiger partial charge in [-0.15, -0.1) is 0 Å². The smallest absolute Gasteiger partial charge is 0.0417 e. The number of benzene rings is 1. The summed E-state index contributed by atoms with van der Waals surface area (Å²) < 4.78 is 0. The maximum Gasteiger partial charge on any atom is 0.0417 e. The van der Waals surface area contributed by atoms with E-state index in [0.29, 0.717) is 0 Å². The van der Waals surface area contributed by atoms with Crippen LogP contribution in [0.4, 0.5) is 11.4 Å². The number of hydrogen-bond donors (Lipinski definition) is 0. The van der Waals surface area contributed by atoms with Gasteiger partial charge >= 0.3 is 0 Å². The molecule has 1 aromatic carbocycles. The molecule has 0 aliphatic carbocycles. The summed E-state index contributed by atoms with van der Waals surface area (Å²) in [5.41, 5.74) is 4.28. The van der Waals surface area contributed by atoms with Crippen LogP contribution in [0.5, 0.6) is 0 Å². The predicted octanol–water partition coefficient (Wildman–Crippen LogP) is 2.13. The third-order valence-electron chi connectivity index (χ3n) is 2.94. The Balaban J connectivity index is 2.49. The van der Waals surface area contributed by atoms with Crippen molar-refractivity contribution < 1.29 is 0 Å². The highest BCUT2D eigenvalue weighted by molar-refractivity contribution is 5.68. The van der Waals surface area contributed by atoms with Crippen LogP contribution in [0.3, 0.4) is 0 Å². The second-order valence-electron chi connectivity index (χ2n) is 4.19. The summed E-state index contributed by atoms with van der Waals surface area (Å²) in [4.78, 5) is 4.56. The molecule has 0 unspecified atom stereocenters. The van der Waals surface area contributed by atoms with Gasteiger partial charge in [-0.05, 0) is 30.5 Å². The Bertz CT molecular complexity index is 317. The lowest BCUT2D eigenvalue weighted by Gasteiger charge is -2.30. The van der Waals surface area contributed by atoms with E-state index in [2.05, 4.69) is 49.1 Å². The quantitative estimate of drug-likeness (QED) is 0.669. The van der Waals surface area contributed by atoms with Gasteiger partial charge in [0.1, 0.15) is 0 Å². The van der Waals surface area contributed by atoms with Crippen molar-refractivity contribution in [1.29, 1.82) is 0 Å². The molecule has 2 nitrogen and oxygen atoms in total. The van der Waals surface area contributed by atoms with Gasteiger partial charge in [-0.2, -0.15) is 0 Å². The van der Waals surface area contributed by atoms with E-state index >= 15 is 0 Å². The molecule has 2 heteroatoms. The predicted molar refractivity (Wildman–Crippen MR) is 62.4 cm³/mol. The van der Waals surface area contributed by atoms with Gasteiger partial charge in [0.15, 0.2) is 0 Å². The van der Waals surface area contributed by atoms with Crippen molar-refractivity contribution in [2.24, 2.45) is 0 Å². The Hall–Kier alpha value is -1.18. The fourth-order valence-corrected chi connectivity index (χ4v) is 2.21. The number of hydrogen-bond acceptors (Lipinski definition) is 2. The second kappa shape index (κ2) is 3.52. The van der Waals surface area contributed by atoms with Crippen LogP contribution in [0.1, 0.15) is 12.0 Å². The molecule has 0 atom stereocenters. The van der Waals surface area contributed by atoms with E-state index in [0.717, 1.165) is 0 Å². The molecule has 76 valence electrons. The summed E-state index contributed by atoms with van der Waals surface area (Å²) in [6.07, 6.45) is 2.49. The minimum Gasteiger partial charge on any atom is -0.377 e. The van der Waals surface area contributed by atoms with Crippen molar-refractivity contribution in [3.63, 3.8) is 0 Å². The lowest BCUT2D eigenvalue weighted by molar-refractivity contribution is 0.743. The van der Waals surface area contributed by atoms with E-state index in [1.807, 2.05) is 0 Å². The van der Waals surface area contributed by atoms with Crippen molar-refractivity contribution in [2.75, 3.05) is 37.5 Å². The minimum absolute atomic E-state index is 1.18. The van der Waals surface area contributed by atoms with Gasteiger partial charge in [-0.25, -0.2) is 0 Å². The zero-order valence-electron chi connectivity index (χ0n) is 9.25. The van der Waals surface area contributed by atoms with Crippen LogP contribution in [-0.4, -0.2) is 27.7 Å². The molecule has 1 aromatic rings. The standard InChI is InChI=1S/C12H18N2/c1-13(2)11-7-4-8-12-10(11)6-5-9-14(12)3/h4,7-8H,5-6,9H2,1-3H3. The van der Waals surface area contributed by atoms with Crippen LogP contribution in [0.25, 0.3) is 0 Å². The first-order valence-corrected chi connectivity index (χ1v) is 5.20. The van der Waals surface area contributed by atoms with E-state index in [-0.39, 0.29) is 0 Å². The summed E-state index contributed by atoms with van der Waals surface area (Å²) in [7, 11) is 6.41. The lowest BCUT2D eigenvalue weighted by Crippen LogP contribution is -2.26. The first kappa shape index (κ1) is 9.38. The Labute approximate surface area is 86.1 Å². The van der Waals surface area contributed by atoms with Gasteiger partial charge in [0.05, 0.1) is 0 Å². The number of fused-ring (bicyclic) bond motifs is 1. The molecular formula is C12H18N2. The topological polar surface area (TPSA) is 6.48 Å². The van der Waals surface area contributed by atoms with Crippen LogP contribution in [-0.2, 0) is 6.42 Å². The molecule has 2 rings (SSSR count). The molecule has 0 fully saturated rings. The molecule has 1 heterocycles. The lowest BCUT2D eigenvalue weighted by atomic mass is 10.00. The SMILES string of the molecule is CN(C)c1cccc2c1CCCN2C. The van der Waals surface area contributed by atoms with E-state index in [1.165, 1.54) is 36.3 Å².